The Hall–Kier alpha value is -1.63. The molecule has 3 N–H and O–H groups in total. The number of carbonyl (C=O) groups excluding carboxylic acids is 2. The van der Waals surface area contributed by atoms with Gasteiger partial charge in [0.1, 0.15) is 6.04 Å². The predicted octanol–water partition coefficient (Wildman–Crippen LogP) is 1.67. The summed E-state index contributed by atoms with van der Waals surface area (Å²) in [5.74, 6) is -0.693. The second kappa shape index (κ2) is 8.84. The van der Waals surface area contributed by atoms with E-state index in [0.29, 0.717) is 23.4 Å². The molecule has 1 aromatic rings. The first kappa shape index (κ1) is 20.7. The molecule has 1 saturated heterocycles. The second-order valence-corrected chi connectivity index (χ2v) is 7.88. The van der Waals surface area contributed by atoms with E-state index < -0.39 is 11.6 Å². The van der Waals surface area contributed by atoms with Crippen LogP contribution in [0.15, 0.2) is 24.3 Å². The minimum Gasteiger partial charge on any atom is -0.388 e. The smallest absolute Gasteiger partial charge is 0.251 e. The van der Waals surface area contributed by atoms with Crippen LogP contribution >= 0.6 is 11.6 Å². The number of piperidine rings is 1. The molecule has 0 unspecified atom stereocenters. The Balaban J connectivity index is 1.94. The number of aliphatic hydroxyl groups is 1. The third kappa shape index (κ3) is 5.69. The lowest BCUT2D eigenvalue weighted by molar-refractivity contribution is -0.125. The summed E-state index contributed by atoms with van der Waals surface area (Å²) < 4.78 is 0. The van der Waals surface area contributed by atoms with Crippen molar-refractivity contribution >= 4 is 23.4 Å². The summed E-state index contributed by atoms with van der Waals surface area (Å²) in [5.41, 5.74) is -0.439. The van der Waals surface area contributed by atoms with E-state index in [1.54, 1.807) is 24.3 Å². The third-order valence-corrected chi connectivity index (χ3v) is 5.10. The molecule has 26 heavy (non-hydrogen) atoms. The SMILES string of the molecule is CC(C)[C@H](NC(=O)c1ccc(Cl)cc1)C(=O)NCC1(O)CCN(C)CC1. The Morgan fingerprint density at radius 2 is 1.81 bits per heavy atom. The number of nitrogens with one attached hydrogen (secondary N) is 2. The molecule has 1 aliphatic rings. The van der Waals surface area contributed by atoms with Crippen LogP contribution in [-0.2, 0) is 4.79 Å². The van der Waals surface area contributed by atoms with Crippen molar-refractivity contribution in [2.75, 3.05) is 26.7 Å². The Morgan fingerprint density at radius 1 is 1.23 bits per heavy atom. The van der Waals surface area contributed by atoms with Gasteiger partial charge in [-0.15, -0.1) is 0 Å². The molecule has 1 atom stereocenters. The van der Waals surface area contributed by atoms with Gasteiger partial charge in [-0.1, -0.05) is 25.4 Å². The minimum atomic E-state index is -0.885. The topological polar surface area (TPSA) is 81.7 Å². The number of benzene rings is 1. The summed E-state index contributed by atoms with van der Waals surface area (Å²) >= 11 is 5.84. The van der Waals surface area contributed by atoms with Crippen LogP contribution in [0.5, 0.6) is 0 Å². The number of rotatable bonds is 6. The molecule has 0 aromatic heterocycles. The standard InChI is InChI=1S/C19H28ClN3O3/c1-13(2)16(22-17(24)14-4-6-15(20)7-5-14)18(25)21-12-19(26)8-10-23(3)11-9-19/h4-7,13,16,26H,8-12H2,1-3H3,(H,21,25)(H,22,24)/t16-/m0/s1. The van der Waals surface area contributed by atoms with Crippen LogP contribution < -0.4 is 10.6 Å². The number of carbonyl (C=O) groups is 2. The maximum Gasteiger partial charge on any atom is 0.251 e. The molecule has 1 aromatic carbocycles. The van der Waals surface area contributed by atoms with Crippen LogP contribution in [0.2, 0.25) is 5.02 Å². The minimum absolute atomic E-state index is 0.0848. The summed E-state index contributed by atoms with van der Waals surface area (Å²) in [7, 11) is 2.01. The van der Waals surface area contributed by atoms with E-state index in [2.05, 4.69) is 15.5 Å². The highest BCUT2D eigenvalue weighted by Crippen LogP contribution is 2.20. The first-order valence-corrected chi connectivity index (χ1v) is 9.33. The molecular formula is C19H28ClN3O3. The highest BCUT2D eigenvalue weighted by Gasteiger charge is 2.33. The van der Waals surface area contributed by atoms with Crippen molar-refractivity contribution in [1.82, 2.24) is 15.5 Å². The Morgan fingerprint density at radius 3 is 2.35 bits per heavy atom. The van der Waals surface area contributed by atoms with Gasteiger partial charge < -0.3 is 20.6 Å². The quantitative estimate of drug-likeness (QED) is 0.700. The molecule has 0 radical (unpaired) electrons. The van der Waals surface area contributed by atoms with E-state index >= 15 is 0 Å². The van der Waals surface area contributed by atoms with Gasteiger partial charge in [0.25, 0.3) is 5.91 Å². The first-order valence-electron chi connectivity index (χ1n) is 8.95. The van der Waals surface area contributed by atoms with E-state index in [9.17, 15) is 14.7 Å². The van der Waals surface area contributed by atoms with Gasteiger partial charge >= 0.3 is 0 Å². The average Bonchev–Trinajstić information content (AvgIpc) is 2.60. The molecule has 0 aliphatic carbocycles. The van der Waals surface area contributed by atoms with Crippen LogP contribution in [0.25, 0.3) is 0 Å². The molecule has 0 saturated carbocycles. The lowest BCUT2D eigenvalue weighted by atomic mass is 9.91. The molecule has 1 heterocycles. The van der Waals surface area contributed by atoms with Crippen molar-refractivity contribution in [3.63, 3.8) is 0 Å². The molecule has 0 bridgehead atoms. The number of nitrogens with zero attached hydrogens (tertiary/aromatic N) is 1. The molecular weight excluding hydrogens is 354 g/mol. The maximum atomic E-state index is 12.6. The monoisotopic (exact) mass is 381 g/mol. The maximum absolute atomic E-state index is 12.6. The van der Waals surface area contributed by atoms with Gasteiger partial charge in [-0.3, -0.25) is 9.59 Å². The highest BCUT2D eigenvalue weighted by molar-refractivity contribution is 6.30. The van der Waals surface area contributed by atoms with Crippen LogP contribution in [0, 0.1) is 5.92 Å². The number of likely N-dealkylation sites (tertiary alicyclic amines) is 1. The lowest BCUT2D eigenvalue weighted by Gasteiger charge is -2.37. The fraction of sp³-hybridized carbons (Fsp3) is 0.579. The second-order valence-electron chi connectivity index (χ2n) is 7.45. The van der Waals surface area contributed by atoms with E-state index in [4.69, 9.17) is 11.6 Å². The Kier molecular flexibility index (Phi) is 7.03. The third-order valence-electron chi connectivity index (χ3n) is 4.85. The van der Waals surface area contributed by atoms with Crippen molar-refractivity contribution < 1.29 is 14.7 Å². The normalized spacial score (nSPS) is 18.4. The Labute approximate surface area is 159 Å². The van der Waals surface area contributed by atoms with E-state index in [0.717, 1.165) is 13.1 Å². The van der Waals surface area contributed by atoms with Crippen molar-refractivity contribution in [3.05, 3.63) is 34.9 Å². The molecule has 7 heteroatoms. The molecule has 144 valence electrons. The number of amides is 2. The highest BCUT2D eigenvalue weighted by atomic mass is 35.5. The zero-order valence-electron chi connectivity index (χ0n) is 15.6. The number of hydrogen-bond donors (Lipinski definition) is 3. The summed E-state index contributed by atoms with van der Waals surface area (Å²) in [4.78, 5) is 27.1. The van der Waals surface area contributed by atoms with Crippen LogP contribution in [-0.4, -0.2) is 60.1 Å². The van der Waals surface area contributed by atoms with Gasteiger partial charge in [-0.25, -0.2) is 0 Å². The summed E-state index contributed by atoms with van der Waals surface area (Å²) in [6.07, 6.45) is 1.24. The van der Waals surface area contributed by atoms with Crippen molar-refractivity contribution in [1.29, 1.82) is 0 Å². The van der Waals surface area contributed by atoms with Gasteiger partial charge in [0.15, 0.2) is 0 Å². The molecule has 1 fully saturated rings. The molecule has 6 nitrogen and oxygen atoms in total. The van der Waals surface area contributed by atoms with E-state index in [-0.39, 0.29) is 24.3 Å². The zero-order chi connectivity index (χ0) is 19.3. The molecule has 0 spiro atoms. The van der Waals surface area contributed by atoms with Gasteiger partial charge in [0, 0.05) is 30.2 Å². The summed E-state index contributed by atoms with van der Waals surface area (Å²) in [6, 6.07) is 5.84. The van der Waals surface area contributed by atoms with Crippen molar-refractivity contribution in [2.45, 2.75) is 38.3 Å². The van der Waals surface area contributed by atoms with Crippen molar-refractivity contribution in [2.24, 2.45) is 5.92 Å². The predicted molar refractivity (Wildman–Crippen MR) is 102 cm³/mol. The van der Waals surface area contributed by atoms with E-state index in [1.807, 2.05) is 20.9 Å². The van der Waals surface area contributed by atoms with Crippen LogP contribution in [0.1, 0.15) is 37.0 Å². The fourth-order valence-electron chi connectivity index (χ4n) is 2.93. The van der Waals surface area contributed by atoms with Gasteiger partial charge in [-0.2, -0.15) is 0 Å². The van der Waals surface area contributed by atoms with Gasteiger partial charge in [-0.05, 0) is 50.1 Å². The molecule has 2 rings (SSSR count). The largest absolute Gasteiger partial charge is 0.388 e. The van der Waals surface area contributed by atoms with Crippen molar-refractivity contribution in [3.8, 4) is 0 Å². The van der Waals surface area contributed by atoms with Crippen LogP contribution in [0.3, 0.4) is 0 Å². The van der Waals surface area contributed by atoms with E-state index in [1.165, 1.54) is 0 Å². The summed E-state index contributed by atoms with van der Waals surface area (Å²) in [6.45, 7) is 5.54. The molecule has 1 aliphatic heterocycles. The fourth-order valence-corrected chi connectivity index (χ4v) is 3.06. The molecule has 2 amide bonds. The van der Waals surface area contributed by atoms with Gasteiger partial charge in [0.05, 0.1) is 5.60 Å². The number of hydrogen-bond acceptors (Lipinski definition) is 4. The zero-order valence-corrected chi connectivity index (χ0v) is 16.3. The average molecular weight is 382 g/mol. The van der Waals surface area contributed by atoms with Gasteiger partial charge in [0.2, 0.25) is 5.91 Å². The number of halogens is 1. The lowest BCUT2D eigenvalue weighted by Crippen LogP contribution is -2.55. The Bertz CT molecular complexity index is 625. The summed E-state index contributed by atoms with van der Waals surface area (Å²) in [5, 5.41) is 16.7. The first-order chi connectivity index (χ1) is 12.2. The van der Waals surface area contributed by atoms with Crippen LogP contribution in [0.4, 0.5) is 0 Å².